The van der Waals surface area contributed by atoms with Crippen LogP contribution in [0.4, 0.5) is 0 Å². The van der Waals surface area contributed by atoms with E-state index in [-0.39, 0.29) is 0 Å². The molecule has 1 aliphatic heterocycles. The molecule has 0 aliphatic carbocycles. The predicted octanol–water partition coefficient (Wildman–Crippen LogP) is -0.153. The van der Waals surface area contributed by atoms with Crippen LogP contribution in [0.3, 0.4) is 0 Å². The molecule has 1 heterocycles. The van der Waals surface area contributed by atoms with Crippen LogP contribution in [-0.4, -0.2) is 19.7 Å². The van der Waals surface area contributed by atoms with E-state index in [0.29, 0.717) is 6.54 Å². The molecule has 9 heavy (non-hydrogen) atoms. The van der Waals surface area contributed by atoms with Gasteiger partial charge in [0.15, 0.2) is 0 Å². The first kappa shape index (κ1) is 6.73. The van der Waals surface area contributed by atoms with E-state index in [2.05, 4.69) is 5.43 Å². The Labute approximate surface area is 55.9 Å². The van der Waals surface area contributed by atoms with E-state index in [9.17, 15) is 4.21 Å². The van der Waals surface area contributed by atoms with Crippen LogP contribution in [0.25, 0.3) is 0 Å². The van der Waals surface area contributed by atoms with Crippen molar-refractivity contribution in [1.82, 2.24) is 9.84 Å². The molecule has 0 saturated heterocycles. The predicted molar refractivity (Wildman–Crippen MR) is 34.4 cm³/mol. The van der Waals surface area contributed by atoms with Crippen LogP contribution >= 0.6 is 0 Å². The molecule has 0 amide bonds. The molecule has 0 aromatic rings. The quantitative estimate of drug-likeness (QED) is 0.508. The molecule has 1 rings (SSSR count). The molecule has 0 aromatic carbocycles. The van der Waals surface area contributed by atoms with Gasteiger partial charge in [-0.3, -0.25) is 4.55 Å². The minimum Gasteiger partial charge on any atom is -0.310 e. The van der Waals surface area contributed by atoms with Crippen molar-refractivity contribution in [2.24, 2.45) is 0 Å². The second kappa shape index (κ2) is 2.47. The lowest BCUT2D eigenvalue weighted by molar-refractivity contribution is 0.390. The van der Waals surface area contributed by atoms with E-state index >= 15 is 0 Å². The molecule has 0 radical (unpaired) electrons. The number of hydrazine groups is 1. The lowest BCUT2D eigenvalue weighted by Gasteiger charge is -2.09. The van der Waals surface area contributed by atoms with Crippen molar-refractivity contribution in [2.75, 3.05) is 6.54 Å². The maximum absolute atomic E-state index is 10.3. The van der Waals surface area contributed by atoms with Crippen molar-refractivity contribution in [3.05, 3.63) is 11.8 Å². The van der Waals surface area contributed by atoms with E-state index in [1.165, 1.54) is 4.41 Å². The third-order valence-electron chi connectivity index (χ3n) is 1.05. The Morgan fingerprint density at radius 1 is 2.00 bits per heavy atom. The second-order valence-electron chi connectivity index (χ2n) is 1.79. The van der Waals surface area contributed by atoms with Crippen molar-refractivity contribution < 1.29 is 8.76 Å². The van der Waals surface area contributed by atoms with Gasteiger partial charge in [0.1, 0.15) is 0 Å². The molecular formula is C4H8N2O2S. The van der Waals surface area contributed by atoms with Crippen molar-refractivity contribution in [2.45, 2.75) is 6.92 Å². The molecule has 1 unspecified atom stereocenters. The molecule has 0 bridgehead atoms. The third kappa shape index (κ3) is 1.51. The SMILES string of the molecule is CC1=CCN(S(=O)O)N1. The summed E-state index contributed by atoms with van der Waals surface area (Å²) in [5.41, 5.74) is 3.61. The van der Waals surface area contributed by atoms with Crippen LogP contribution in [0.15, 0.2) is 11.8 Å². The Kier molecular flexibility index (Phi) is 1.84. The van der Waals surface area contributed by atoms with E-state index in [4.69, 9.17) is 4.55 Å². The van der Waals surface area contributed by atoms with E-state index in [1.54, 1.807) is 0 Å². The molecule has 2 N–H and O–H groups in total. The van der Waals surface area contributed by atoms with Crippen LogP contribution in [-0.2, 0) is 11.3 Å². The van der Waals surface area contributed by atoms with Crippen LogP contribution in [0.5, 0.6) is 0 Å². The highest BCUT2D eigenvalue weighted by atomic mass is 32.2. The molecule has 0 aromatic heterocycles. The lowest BCUT2D eigenvalue weighted by atomic mass is 10.5. The molecular weight excluding hydrogens is 140 g/mol. The summed E-state index contributed by atoms with van der Waals surface area (Å²) in [5.74, 6) is 0. The van der Waals surface area contributed by atoms with E-state index < -0.39 is 11.3 Å². The zero-order valence-corrected chi connectivity index (χ0v) is 5.81. The number of rotatable bonds is 1. The van der Waals surface area contributed by atoms with Crippen molar-refractivity contribution in [1.29, 1.82) is 0 Å². The Bertz CT molecular complexity index is 168. The smallest absolute Gasteiger partial charge is 0.253 e. The molecule has 1 aliphatic rings. The van der Waals surface area contributed by atoms with Gasteiger partial charge in [0.25, 0.3) is 11.3 Å². The van der Waals surface area contributed by atoms with Crippen LogP contribution < -0.4 is 5.43 Å². The van der Waals surface area contributed by atoms with Crippen molar-refractivity contribution >= 4 is 11.3 Å². The van der Waals surface area contributed by atoms with E-state index in [0.717, 1.165) is 5.70 Å². The molecule has 0 fully saturated rings. The van der Waals surface area contributed by atoms with Crippen LogP contribution in [0, 0.1) is 0 Å². The van der Waals surface area contributed by atoms with Gasteiger partial charge < -0.3 is 5.43 Å². The Balaban J connectivity index is 2.47. The lowest BCUT2D eigenvalue weighted by Crippen LogP contribution is -2.32. The van der Waals surface area contributed by atoms with Gasteiger partial charge in [0, 0.05) is 5.70 Å². The third-order valence-corrected chi connectivity index (χ3v) is 1.67. The average Bonchev–Trinajstić information content (AvgIpc) is 2.14. The number of nitrogens with one attached hydrogen (secondary N) is 1. The Hall–Kier alpha value is -0.390. The monoisotopic (exact) mass is 148 g/mol. The van der Waals surface area contributed by atoms with E-state index in [1.807, 2.05) is 13.0 Å². The highest BCUT2D eigenvalue weighted by molar-refractivity contribution is 7.76. The fraction of sp³-hybridized carbons (Fsp3) is 0.500. The van der Waals surface area contributed by atoms with Gasteiger partial charge in [-0.05, 0) is 13.0 Å². The molecule has 5 heteroatoms. The maximum Gasteiger partial charge on any atom is 0.253 e. The summed E-state index contributed by atoms with van der Waals surface area (Å²) >= 11 is -1.89. The average molecular weight is 148 g/mol. The zero-order valence-electron chi connectivity index (χ0n) is 5.00. The fourth-order valence-electron chi connectivity index (χ4n) is 0.611. The number of hydrogen-bond donors (Lipinski definition) is 2. The maximum atomic E-state index is 10.3. The van der Waals surface area contributed by atoms with Gasteiger partial charge in [0.2, 0.25) is 0 Å². The molecule has 52 valence electrons. The topological polar surface area (TPSA) is 52.6 Å². The number of allylic oxidation sites excluding steroid dienone is 1. The summed E-state index contributed by atoms with van der Waals surface area (Å²) in [7, 11) is 0. The van der Waals surface area contributed by atoms with Gasteiger partial charge in [0.05, 0.1) is 6.54 Å². The van der Waals surface area contributed by atoms with Gasteiger partial charge in [-0.2, -0.15) is 0 Å². The number of hydrogen-bond acceptors (Lipinski definition) is 2. The molecule has 1 atom stereocenters. The molecule has 4 nitrogen and oxygen atoms in total. The normalized spacial score (nSPS) is 23.1. The summed E-state index contributed by atoms with van der Waals surface area (Å²) < 4.78 is 20.0. The van der Waals surface area contributed by atoms with Crippen LogP contribution in [0.1, 0.15) is 6.92 Å². The summed E-state index contributed by atoms with van der Waals surface area (Å²) in [6, 6.07) is 0. The summed E-state index contributed by atoms with van der Waals surface area (Å²) in [4.78, 5) is 0. The van der Waals surface area contributed by atoms with Crippen molar-refractivity contribution in [3.8, 4) is 0 Å². The molecule has 0 saturated carbocycles. The Morgan fingerprint density at radius 3 is 2.89 bits per heavy atom. The summed E-state index contributed by atoms with van der Waals surface area (Å²) in [6.45, 7) is 2.34. The van der Waals surface area contributed by atoms with Gasteiger partial charge in [-0.1, -0.05) is 0 Å². The summed E-state index contributed by atoms with van der Waals surface area (Å²) in [5, 5.41) is 0. The van der Waals surface area contributed by atoms with Crippen molar-refractivity contribution in [3.63, 3.8) is 0 Å². The first-order valence-electron chi connectivity index (χ1n) is 2.52. The Morgan fingerprint density at radius 2 is 2.67 bits per heavy atom. The molecule has 0 spiro atoms. The minimum atomic E-state index is -1.89. The first-order chi connectivity index (χ1) is 4.20. The highest BCUT2D eigenvalue weighted by Crippen LogP contribution is 2.01. The second-order valence-corrected chi connectivity index (χ2v) is 2.69. The number of nitrogens with zero attached hydrogens (tertiary/aromatic N) is 1. The first-order valence-corrected chi connectivity index (χ1v) is 3.58. The van der Waals surface area contributed by atoms with Gasteiger partial charge >= 0.3 is 0 Å². The van der Waals surface area contributed by atoms with Gasteiger partial charge in [-0.15, -0.1) is 4.41 Å². The van der Waals surface area contributed by atoms with Crippen LogP contribution in [0.2, 0.25) is 0 Å². The highest BCUT2D eigenvalue weighted by Gasteiger charge is 2.13. The summed E-state index contributed by atoms with van der Waals surface area (Å²) in [6.07, 6.45) is 1.84. The minimum absolute atomic E-state index is 0.495. The van der Waals surface area contributed by atoms with Gasteiger partial charge in [-0.25, -0.2) is 4.21 Å². The standard InChI is InChI=1S/C4H8N2O2S/c1-4-2-3-6(5-4)9(7)8/h2,5H,3H2,1H3,(H,7,8). The largest absolute Gasteiger partial charge is 0.310 e. The zero-order chi connectivity index (χ0) is 6.85. The fourth-order valence-corrected chi connectivity index (χ4v) is 1.03.